The lowest BCUT2D eigenvalue weighted by Gasteiger charge is -2.08. The lowest BCUT2D eigenvalue weighted by Crippen LogP contribution is -2.02. The summed E-state index contributed by atoms with van der Waals surface area (Å²) in [5.74, 6) is 0.615. The van der Waals surface area contributed by atoms with E-state index in [2.05, 4.69) is 45.0 Å². The first kappa shape index (κ1) is 10.3. The molecule has 1 aromatic carbocycles. The molecule has 13 heavy (non-hydrogen) atoms. The summed E-state index contributed by atoms with van der Waals surface area (Å²) in [6.45, 7) is 8.03. The largest absolute Gasteiger partial charge is 0.376 e. The minimum Gasteiger partial charge on any atom is -0.376 e. The van der Waals surface area contributed by atoms with Gasteiger partial charge in [-0.05, 0) is 24.0 Å². The molecule has 0 aliphatic rings. The van der Waals surface area contributed by atoms with Gasteiger partial charge in [0.25, 0.3) is 0 Å². The Balaban J connectivity index is 2.41. The van der Waals surface area contributed by atoms with Crippen molar-refractivity contribution in [3.05, 3.63) is 35.4 Å². The van der Waals surface area contributed by atoms with Gasteiger partial charge in [-0.25, -0.2) is 0 Å². The summed E-state index contributed by atoms with van der Waals surface area (Å²) >= 11 is 0. The summed E-state index contributed by atoms with van der Waals surface area (Å²) in [4.78, 5) is 0. The molecule has 0 N–H and O–H groups in total. The highest BCUT2D eigenvalue weighted by atomic mass is 16.5. The molecule has 1 nitrogen and oxygen atoms in total. The van der Waals surface area contributed by atoms with Crippen molar-refractivity contribution in [3.8, 4) is 0 Å². The second-order valence-electron chi connectivity index (χ2n) is 3.84. The maximum absolute atomic E-state index is 5.56. The van der Waals surface area contributed by atoms with E-state index in [0.717, 1.165) is 13.2 Å². The average molecular weight is 178 g/mol. The third kappa shape index (κ3) is 3.60. The summed E-state index contributed by atoms with van der Waals surface area (Å²) in [6.07, 6.45) is 0. The van der Waals surface area contributed by atoms with Gasteiger partial charge in [0.05, 0.1) is 6.61 Å². The molecule has 0 saturated carbocycles. The van der Waals surface area contributed by atoms with Crippen LogP contribution in [0.15, 0.2) is 24.3 Å². The summed E-state index contributed by atoms with van der Waals surface area (Å²) in [5.41, 5.74) is 2.61. The Labute approximate surface area is 80.7 Å². The van der Waals surface area contributed by atoms with Gasteiger partial charge in [0.15, 0.2) is 0 Å². The van der Waals surface area contributed by atoms with Gasteiger partial charge in [0.1, 0.15) is 0 Å². The monoisotopic (exact) mass is 178 g/mol. The van der Waals surface area contributed by atoms with E-state index < -0.39 is 0 Å². The molecule has 0 heterocycles. The van der Waals surface area contributed by atoms with Crippen molar-refractivity contribution in [2.75, 3.05) is 6.61 Å². The molecule has 0 bridgehead atoms. The standard InChI is InChI=1S/C12H18O/c1-10(2)8-13-9-12-7-5-4-6-11(12)3/h4-7,10H,8-9H2,1-3H3. The van der Waals surface area contributed by atoms with Crippen molar-refractivity contribution >= 4 is 0 Å². The fourth-order valence-corrected chi connectivity index (χ4v) is 1.18. The topological polar surface area (TPSA) is 9.23 Å². The Bertz CT molecular complexity index is 253. The van der Waals surface area contributed by atoms with Crippen LogP contribution in [0.4, 0.5) is 0 Å². The number of rotatable bonds is 4. The molecule has 72 valence electrons. The first-order valence-electron chi connectivity index (χ1n) is 4.82. The molecule has 0 saturated heterocycles. The quantitative estimate of drug-likeness (QED) is 0.688. The molecule has 0 aromatic heterocycles. The zero-order chi connectivity index (χ0) is 9.68. The lowest BCUT2D eigenvalue weighted by molar-refractivity contribution is 0.0967. The van der Waals surface area contributed by atoms with Crippen LogP contribution in [0.2, 0.25) is 0 Å². The Morgan fingerprint density at radius 1 is 1.23 bits per heavy atom. The fraction of sp³-hybridized carbons (Fsp3) is 0.500. The lowest BCUT2D eigenvalue weighted by atomic mass is 10.1. The van der Waals surface area contributed by atoms with Crippen molar-refractivity contribution in [1.82, 2.24) is 0 Å². The van der Waals surface area contributed by atoms with Crippen molar-refractivity contribution < 1.29 is 4.74 Å². The van der Waals surface area contributed by atoms with Crippen LogP contribution in [0.25, 0.3) is 0 Å². The van der Waals surface area contributed by atoms with Crippen molar-refractivity contribution in [2.24, 2.45) is 5.92 Å². The van der Waals surface area contributed by atoms with E-state index in [1.54, 1.807) is 0 Å². The summed E-state index contributed by atoms with van der Waals surface area (Å²) in [5, 5.41) is 0. The van der Waals surface area contributed by atoms with Gasteiger partial charge in [-0.2, -0.15) is 0 Å². The molecule has 0 fully saturated rings. The van der Waals surface area contributed by atoms with Crippen molar-refractivity contribution in [2.45, 2.75) is 27.4 Å². The first-order chi connectivity index (χ1) is 6.20. The molecule has 0 unspecified atom stereocenters. The zero-order valence-corrected chi connectivity index (χ0v) is 8.71. The van der Waals surface area contributed by atoms with E-state index in [4.69, 9.17) is 4.74 Å². The smallest absolute Gasteiger partial charge is 0.0719 e. The molecule has 0 spiro atoms. The van der Waals surface area contributed by atoms with Gasteiger partial charge < -0.3 is 4.74 Å². The zero-order valence-electron chi connectivity index (χ0n) is 8.71. The normalized spacial score (nSPS) is 10.8. The highest BCUT2D eigenvalue weighted by Gasteiger charge is 1.98. The second-order valence-corrected chi connectivity index (χ2v) is 3.84. The van der Waals surface area contributed by atoms with E-state index in [-0.39, 0.29) is 0 Å². The maximum atomic E-state index is 5.56. The minimum absolute atomic E-state index is 0.615. The van der Waals surface area contributed by atoms with Gasteiger partial charge >= 0.3 is 0 Å². The molecule has 1 rings (SSSR count). The third-order valence-corrected chi connectivity index (χ3v) is 1.97. The Morgan fingerprint density at radius 3 is 2.54 bits per heavy atom. The highest BCUT2D eigenvalue weighted by Crippen LogP contribution is 2.08. The Kier molecular flexibility index (Phi) is 3.97. The van der Waals surface area contributed by atoms with Crippen LogP contribution in [-0.2, 0) is 11.3 Å². The number of ether oxygens (including phenoxy) is 1. The second kappa shape index (κ2) is 5.03. The predicted molar refractivity (Wildman–Crippen MR) is 55.7 cm³/mol. The first-order valence-corrected chi connectivity index (χ1v) is 4.82. The van der Waals surface area contributed by atoms with E-state index >= 15 is 0 Å². The van der Waals surface area contributed by atoms with Crippen LogP contribution >= 0.6 is 0 Å². The van der Waals surface area contributed by atoms with Crippen LogP contribution in [0.3, 0.4) is 0 Å². The van der Waals surface area contributed by atoms with E-state index in [9.17, 15) is 0 Å². The Hall–Kier alpha value is -0.820. The maximum Gasteiger partial charge on any atom is 0.0719 e. The van der Waals surface area contributed by atoms with Crippen LogP contribution in [0, 0.1) is 12.8 Å². The fourth-order valence-electron chi connectivity index (χ4n) is 1.18. The molecular formula is C12H18O. The predicted octanol–water partition coefficient (Wildman–Crippen LogP) is 3.17. The van der Waals surface area contributed by atoms with E-state index in [1.807, 2.05) is 0 Å². The van der Waals surface area contributed by atoms with E-state index in [1.165, 1.54) is 11.1 Å². The molecule has 0 aliphatic carbocycles. The average Bonchev–Trinajstić information content (AvgIpc) is 2.08. The number of hydrogen-bond donors (Lipinski definition) is 0. The SMILES string of the molecule is Cc1ccccc1COCC(C)C. The van der Waals surface area contributed by atoms with Crippen LogP contribution in [-0.4, -0.2) is 6.61 Å². The number of aryl methyl sites for hydroxylation is 1. The molecule has 0 amide bonds. The van der Waals surface area contributed by atoms with Gasteiger partial charge in [0, 0.05) is 6.61 Å². The third-order valence-electron chi connectivity index (χ3n) is 1.97. The molecule has 1 aromatic rings. The Morgan fingerprint density at radius 2 is 1.92 bits per heavy atom. The molecular weight excluding hydrogens is 160 g/mol. The number of hydrogen-bond acceptors (Lipinski definition) is 1. The molecule has 0 atom stereocenters. The molecule has 1 heteroatoms. The van der Waals surface area contributed by atoms with Gasteiger partial charge in [0.2, 0.25) is 0 Å². The van der Waals surface area contributed by atoms with Crippen LogP contribution < -0.4 is 0 Å². The van der Waals surface area contributed by atoms with Crippen molar-refractivity contribution in [1.29, 1.82) is 0 Å². The van der Waals surface area contributed by atoms with Gasteiger partial charge in [-0.1, -0.05) is 38.1 Å². The summed E-state index contributed by atoms with van der Waals surface area (Å²) in [7, 11) is 0. The number of benzene rings is 1. The van der Waals surface area contributed by atoms with Crippen molar-refractivity contribution in [3.63, 3.8) is 0 Å². The summed E-state index contributed by atoms with van der Waals surface area (Å²) in [6, 6.07) is 8.35. The molecule has 0 radical (unpaired) electrons. The van der Waals surface area contributed by atoms with Gasteiger partial charge in [-0.15, -0.1) is 0 Å². The highest BCUT2D eigenvalue weighted by molar-refractivity contribution is 5.24. The minimum atomic E-state index is 0.615. The summed E-state index contributed by atoms with van der Waals surface area (Å²) < 4.78 is 5.56. The molecule has 0 aliphatic heterocycles. The van der Waals surface area contributed by atoms with Crippen LogP contribution in [0.1, 0.15) is 25.0 Å². The van der Waals surface area contributed by atoms with E-state index in [0.29, 0.717) is 5.92 Å². The van der Waals surface area contributed by atoms with Crippen LogP contribution in [0.5, 0.6) is 0 Å². The van der Waals surface area contributed by atoms with Gasteiger partial charge in [-0.3, -0.25) is 0 Å².